The smallest absolute Gasteiger partial charge is 0.273 e. The number of amides is 2. The van der Waals surface area contributed by atoms with Crippen molar-refractivity contribution in [1.29, 1.82) is 0 Å². The number of hydrazine groups is 1. The third-order valence-electron chi connectivity index (χ3n) is 6.98. The summed E-state index contributed by atoms with van der Waals surface area (Å²) in [6, 6.07) is 16.7. The Balaban J connectivity index is 1.37. The van der Waals surface area contributed by atoms with Crippen LogP contribution in [-0.2, 0) is 21.8 Å². The van der Waals surface area contributed by atoms with E-state index in [1.807, 2.05) is 11.5 Å². The predicted molar refractivity (Wildman–Crippen MR) is 159 cm³/mol. The van der Waals surface area contributed by atoms with Gasteiger partial charge < -0.3 is 0 Å². The zero-order chi connectivity index (χ0) is 31.8. The molecule has 1 aromatic heterocycles. The van der Waals surface area contributed by atoms with Crippen molar-refractivity contribution < 1.29 is 31.4 Å². The first-order valence-electron chi connectivity index (χ1n) is 13.0. The van der Waals surface area contributed by atoms with E-state index in [0.717, 1.165) is 17.3 Å². The molecule has 7 nitrogen and oxygen atoms in total. The summed E-state index contributed by atoms with van der Waals surface area (Å²) in [5, 5.41) is 4.03. The van der Waals surface area contributed by atoms with Crippen molar-refractivity contribution in [3.8, 4) is 5.69 Å². The number of halogens is 5. The Labute approximate surface area is 256 Å². The minimum absolute atomic E-state index is 0.0273. The van der Waals surface area contributed by atoms with Gasteiger partial charge in [-0.2, -0.15) is 18.3 Å². The number of allylic oxidation sites excluding steroid dienone is 2. The summed E-state index contributed by atoms with van der Waals surface area (Å²) in [5.41, 5.74) is 5.92. The number of hydrogen-bond donors (Lipinski definition) is 2. The molecular formula is C31H23ClF4N4O3S. The van der Waals surface area contributed by atoms with Crippen LogP contribution in [0.1, 0.15) is 46.1 Å². The van der Waals surface area contributed by atoms with Crippen LogP contribution in [0.5, 0.6) is 0 Å². The Morgan fingerprint density at radius 2 is 1.68 bits per heavy atom. The van der Waals surface area contributed by atoms with E-state index in [1.165, 1.54) is 36.4 Å². The van der Waals surface area contributed by atoms with Crippen LogP contribution in [0.2, 0.25) is 5.02 Å². The number of hydrogen-bond acceptors (Lipinski definition) is 4. The molecular weight excluding hydrogens is 620 g/mol. The summed E-state index contributed by atoms with van der Waals surface area (Å²) in [4.78, 5) is 26.4. The Morgan fingerprint density at radius 1 is 1.00 bits per heavy atom. The SMILES string of the molecule is CC1=C(CC(=O)NNC(=O)c2cnn(-c3ccc(Cl)cc3)c2C(F)(F)F)c2cc(F)ccc2/C1=C\c1ccc(S(C)=O)cc1. The fourth-order valence-corrected chi connectivity index (χ4v) is 5.51. The van der Waals surface area contributed by atoms with E-state index in [2.05, 4.69) is 10.5 Å². The first-order chi connectivity index (χ1) is 20.8. The van der Waals surface area contributed by atoms with Crippen LogP contribution in [0.3, 0.4) is 0 Å². The lowest BCUT2D eigenvalue weighted by molar-refractivity contribution is -0.143. The van der Waals surface area contributed by atoms with Gasteiger partial charge in [0.1, 0.15) is 5.82 Å². The molecule has 1 unspecified atom stereocenters. The second kappa shape index (κ2) is 12.2. The molecule has 1 atom stereocenters. The van der Waals surface area contributed by atoms with Gasteiger partial charge in [-0.05, 0) is 94.9 Å². The van der Waals surface area contributed by atoms with Gasteiger partial charge in [0.15, 0.2) is 5.69 Å². The van der Waals surface area contributed by atoms with Gasteiger partial charge in [-0.3, -0.25) is 24.6 Å². The molecule has 0 bridgehead atoms. The molecule has 5 rings (SSSR count). The topological polar surface area (TPSA) is 93.1 Å². The number of carbonyl (C=O) groups is 2. The van der Waals surface area contributed by atoms with E-state index in [0.29, 0.717) is 36.9 Å². The standard InChI is InChI=1S/C31H23ClF4N4O3S/c1-17-24(13-18-3-10-22(11-4-18)44(2)43)23-12-7-20(33)14-26(23)25(17)15-28(41)38-39-30(42)27-16-37-40(29(27)31(34,35)36)21-8-5-19(32)6-9-21/h3-14,16H,15H2,1-2H3,(H,38,41)(H,39,42)/b24-13-. The van der Waals surface area contributed by atoms with E-state index < -0.39 is 45.9 Å². The third-order valence-corrected chi connectivity index (χ3v) is 8.17. The van der Waals surface area contributed by atoms with Gasteiger partial charge in [0, 0.05) is 27.0 Å². The van der Waals surface area contributed by atoms with Gasteiger partial charge in [0.05, 0.1) is 23.9 Å². The normalized spacial score (nSPS) is 14.5. The molecule has 4 aromatic rings. The molecule has 0 spiro atoms. The Hall–Kier alpha value is -4.55. The second-order valence-corrected chi connectivity index (χ2v) is 11.7. The number of aromatic nitrogens is 2. The first kappa shape index (κ1) is 30.9. The van der Waals surface area contributed by atoms with Crippen LogP contribution in [-0.4, -0.2) is 32.1 Å². The number of carbonyl (C=O) groups excluding carboxylic acids is 2. The summed E-state index contributed by atoms with van der Waals surface area (Å²) >= 11 is 5.83. The van der Waals surface area contributed by atoms with E-state index >= 15 is 0 Å². The molecule has 13 heteroatoms. The van der Waals surface area contributed by atoms with Crippen molar-refractivity contribution in [2.24, 2.45) is 0 Å². The van der Waals surface area contributed by atoms with Gasteiger partial charge >= 0.3 is 6.18 Å². The van der Waals surface area contributed by atoms with Crippen molar-refractivity contribution in [1.82, 2.24) is 20.6 Å². The molecule has 2 amide bonds. The summed E-state index contributed by atoms with van der Waals surface area (Å²) in [6.45, 7) is 1.77. The fraction of sp³-hybridized carbons (Fsp3) is 0.129. The Kier molecular flexibility index (Phi) is 8.57. The van der Waals surface area contributed by atoms with Crippen molar-refractivity contribution in [2.75, 3.05) is 6.26 Å². The van der Waals surface area contributed by atoms with Gasteiger partial charge in [0.25, 0.3) is 5.91 Å². The summed E-state index contributed by atoms with van der Waals surface area (Å²) in [7, 11) is -1.14. The maximum atomic E-state index is 14.3. The molecule has 226 valence electrons. The lowest BCUT2D eigenvalue weighted by atomic mass is 10.0. The largest absolute Gasteiger partial charge is 0.434 e. The van der Waals surface area contributed by atoms with Crippen molar-refractivity contribution in [3.05, 3.63) is 117 Å². The predicted octanol–water partition coefficient (Wildman–Crippen LogP) is 6.60. The maximum Gasteiger partial charge on any atom is 0.434 e. The highest BCUT2D eigenvalue weighted by molar-refractivity contribution is 7.84. The van der Waals surface area contributed by atoms with Gasteiger partial charge in [0.2, 0.25) is 5.91 Å². The van der Waals surface area contributed by atoms with Crippen molar-refractivity contribution >= 4 is 51.4 Å². The highest BCUT2D eigenvalue weighted by Crippen LogP contribution is 2.44. The molecule has 1 aliphatic rings. The second-order valence-electron chi connectivity index (χ2n) is 9.85. The molecule has 0 radical (unpaired) electrons. The van der Waals surface area contributed by atoms with E-state index in [-0.39, 0.29) is 12.1 Å². The van der Waals surface area contributed by atoms with Crippen LogP contribution in [0.4, 0.5) is 17.6 Å². The fourth-order valence-electron chi connectivity index (χ4n) is 4.87. The quantitative estimate of drug-likeness (QED) is 0.183. The summed E-state index contributed by atoms with van der Waals surface area (Å²) in [5.74, 6) is -2.49. The van der Waals surface area contributed by atoms with Crippen LogP contribution in [0.15, 0.2) is 83.4 Å². The van der Waals surface area contributed by atoms with Crippen LogP contribution >= 0.6 is 11.6 Å². The number of rotatable bonds is 6. The Bertz CT molecular complexity index is 1860. The first-order valence-corrected chi connectivity index (χ1v) is 14.9. The van der Waals surface area contributed by atoms with Crippen LogP contribution < -0.4 is 10.9 Å². The van der Waals surface area contributed by atoms with E-state index in [4.69, 9.17) is 11.6 Å². The summed E-state index contributed by atoms with van der Waals surface area (Å²) < 4.78 is 68.5. The minimum Gasteiger partial charge on any atom is -0.273 e. The third kappa shape index (κ3) is 6.36. The molecule has 1 aliphatic carbocycles. The average molecular weight is 643 g/mol. The number of alkyl halides is 3. The highest BCUT2D eigenvalue weighted by atomic mass is 35.5. The van der Waals surface area contributed by atoms with Gasteiger partial charge in [-0.1, -0.05) is 29.8 Å². The molecule has 0 saturated carbocycles. The Morgan fingerprint density at radius 3 is 2.32 bits per heavy atom. The number of nitrogens with zero attached hydrogens (tertiary/aromatic N) is 2. The number of nitrogens with one attached hydrogen (secondary N) is 2. The van der Waals surface area contributed by atoms with Crippen LogP contribution in [0, 0.1) is 5.82 Å². The van der Waals surface area contributed by atoms with E-state index in [9.17, 15) is 31.4 Å². The monoisotopic (exact) mass is 642 g/mol. The number of benzene rings is 3. The zero-order valence-corrected chi connectivity index (χ0v) is 24.7. The van der Waals surface area contributed by atoms with E-state index in [1.54, 1.807) is 43.5 Å². The van der Waals surface area contributed by atoms with Crippen molar-refractivity contribution in [3.63, 3.8) is 0 Å². The molecule has 0 aliphatic heterocycles. The summed E-state index contributed by atoms with van der Waals surface area (Å²) in [6.07, 6.45) is -1.07. The van der Waals surface area contributed by atoms with Gasteiger partial charge in [-0.15, -0.1) is 0 Å². The molecule has 0 saturated heterocycles. The van der Waals surface area contributed by atoms with Crippen molar-refractivity contribution in [2.45, 2.75) is 24.4 Å². The lowest BCUT2D eigenvalue weighted by Gasteiger charge is -2.13. The maximum absolute atomic E-state index is 14.3. The molecule has 44 heavy (non-hydrogen) atoms. The molecule has 1 heterocycles. The zero-order valence-electron chi connectivity index (χ0n) is 23.1. The average Bonchev–Trinajstić information content (AvgIpc) is 3.53. The number of fused-ring (bicyclic) bond motifs is 1. The minimum atomic E-state index is -4.96. The lowest BCUT2D eigenvalue weighted by Crippen LogP contribution is -2.42. The van der Waals surface area contributed by atoms with Crippen LogP contribution in [0.25, 0.3) is 22.9 Å². The highest BCUT2D eigenvalue weighted by Gasteiger charge is 2.40. The molecule has 3 aromatic carbocycles. The molecule has 2 N–H and O–H groups in total. The molecule has 0 fully saturated rings. The van der Waals surface area contributed by atoms with Gasteiger partial charge in [-0.25, -0.2) is 9.07 Å².